The van der Waals surface area contributed by atoms with Crippen molar-refractivity contribution in [2.45, 2.75) is 32.8 Å². The van der Waals surface area contributed by atoms with Crippen LogP contribution < -0.4 is 15.5 Å². The smallest absolute Gasteiger partial charge is 0.240 e. The van der Waals surface area contributed by atoms with E-state index in [0.29, 0.717) is 17.0 Å². The van der Waals surface area contributed by atoms with Gasteiger partial charge in [-0.15, -0.1) is 0 Å². The van der Waals surface area contributed by atoms with Gasteiger partial charge < -0.3 is 10.1 Å². The van der Waals surface area contributed by atoms with Crippen LogP contribution in [-0.4, -0.2) is 24.1 Å². The minimum atomic E-state index is -0.396. The summed E-state index contributed by atoms with van der Waals surface area (Å²) >= 11 is 3.39. The van der Waals surface area contributed by atoms with E-state index in [2.05, 4.69) is 31.8 Å². The molecule has 2 amide bonds. The Morgan fingerprint density at radius 3 is 2.50 bits per heavy atom. The molecular formula is C20H21BrFN3O3. The van der Waals surface area contributed by atoms with E-state index in [1.807, 2.05) is 32.0 Å². The third kappa shape index (κ3) is 7.48. The van der Waals surface area contributed by atoms with E-state index in [1.54, 1.807) is 0 Å². The van der Waals surface area contributed by atoms with Crippen molar-refractivity contribution in [3.63, 3.8) is 0 Å². The van der Waals surface area contributed by atoms with Crippen molar-refractivity contribution in [3.8, 4) is 5.75 Å². The van der Waals surface area contributed by atoms with Crippen molar-refractivity contribution in [3.05, 3.63) is 58.3 Å². The molecule has 148 valence electrons. The summed E-state index contributed by atoms with van der Waals surface area (Å²) in [4.78, 5) is 23.7. The maximum absolute atomic E-state index is 12.8. The molecule has 0 aliphatic rings. The van der Waals surface area contributed by atoms with Crippen LogP contribution in [-0.2, 0) is 9.59 Å². The van der Waals surface area contributed by atoms with Gasteiger partial charge in [0.15, 0.2) is 0 Å². The number of carbonyl (C=O) groups excluding carboxylic acids is 2. The molecule has 0 saturated carbocycles. The second kappa shape index (κ2) is 10.6. The molecule has 0 radical (unpaired) electrons. The lowest BCUT2D eigenvalue weighted by atomic mass is 10.2. The van der Waals surface area contributed by atoms with Gasteiger partial charge in [0.25, 0.3) is 0 Å². The molecular weight excluding hydrogens is 429 g/mol. The van der Waals surface area contributed by atoms with Crippen LogP contribution in [0.5, 0.6) is 5.75 Å². The molecule has 28 heavy (non-hydrogen) atoms. The summed E-state index contributed by atoms with van der Waals surface area (Å²) in [5.74, 6) is -0.477. The zero-order valence-electron chi connectivity index (χ0n) is 15.5. The molecule has 0 heterocycles. The first-order valence-electron chi connectivity index (χ1n) is 8.67. The van der Waals surface area contributed by atoms with Crippen molar-refractivity contribution in [2.75, 3.05) is 5.32 Å². The van der Waals surface area contributed by atoms with E-state index in [1.165, 1.54) is 30.5 Å². The third-order valence-electron chi connectivity index (χ3n) is 3.43. The number of benzene rings is 2. The van der Waals surface area contributed by atoms with E-state index >= 15 is 0 Å². The van der Waals surface area contributed by atoms with Crippen molar-refractivity contribution in [2.24, 2.45) is 5.10 Å². The minimum absolute atomic E-state index is 0.00235. The lowest BCUT2D eigenvalue weighted by Crippen LogP contribution is -2.20. The Bertz CT molecular complexity index is 854. The third-order valence-corrected chi connectivity index (χ3v) is 3.93. The van der Waals surface area contributed by atoms with Crippen molar-refractivity contribution < 1.29 is 18.7 Å². The normalized spacial score (nSPS) is 10.9. The van der Waals surface area contributed by atoms with E-state index in [4.69, 9.17) is 4.74 Å². The number of halogens is 2. The number of hydrazone groups is 1. The van der Waals surface area contributed by atoms with E-state index in [0.717, 1.165) is 4.47 Å². The van der Waals surface area contributed by atoms with E-state index < -0.39 is 5.91 Å². The van der Waals surface area contributed by atoms with Gasteiger partial charge in [-0.3, -0.25) is 9.59 Å². The summed E-state index contributed by atoms with van der Waals surface area (Å²) in [5.41, 5.74) is 3.56. The van der Waals surface area contributed by atoms with Gasteiger partial charge in [-0.1, -0.05) is 15.9 Å². The van der Waals surface area contributed by atoms with E-state index in [9.17, 15) is 14.0 Å². The van der Waals surface area contributed by atoms with Crippen LogP contribution in [0.2, 0.25) is 0 Å². The lowest BCUT2D eigenvalue weighted by Gasteiger charge is -2.12. The number of ether oxygens (including phenoxy) is 1. The minimum Gasteiger partial charge on any atom is -0.490 e. The topological polar surface area (TPSA) is 79.8 Å². The number of carbonyl (C=O) groups is 2. The molecule has 0 atom stereocenters. The molecule has 0 fully saturated rings. The average Bonchev–Trinajstić information content (AvgIpc) is 2.64. The average molecular weight is 450 g/mol. The van der Waals surface area contributed by atoms with Crippen molar-refractivity contribution in [1.82, 2.24) is 5.43 Å². The largest absolute Gasteiger partial charge is 0.490 e. The number of amides is 2. The molecule has 2 N–H and O–H groups in total. The second-order valence-corrected chi connectivity index (χ2v) is 7.11. The highest BCUT2D eigenvalue weighted by Gasteiger charge is 2.08. The molecule has 8 heteroatoms. The van der Waals surface area contributed by atoms with Gasteiger partial charge in [-0.05, 0) is 56.3 Å². The summed E-state index contributed by atoms with van der Waals surface area (Å²) in [6.07, 6.45) is 1.44. The fourth-order valence-electron chi connectivity index (χ4n) is 2.19. The molecule has 0 bridgehead atoms. The maximum atomic E-state index is 12.8. The van der Waals surface area contributed by atoms with Crippen molar-refractivity contribution >= 4 is 39.6 Å². The van der Waals surface area contributed by atoms with Gasteiger partial charge in [-0.2, -0.15) is 5.10 Å². The molecule has 0 aliphatic carbocycles. The number of hydrogen-bond donors (Lipinski definition) is 2. The Labute approximate surface area is 171 Å². The Morgan fingerprint density at radius 1 is 1.14 bits per heavy atom. The van der Waals surface area contributed by atoms with Gasteiger partial charge in [0.2, 0.25) is 11.8 Å². The quantitative estimate of drug-likeness (QED) is 0.467. The number of nitrogens with zero attached hydrogens (tertiary/aromatic N) is 1. The first-order valence-corrected chi connectivity index (χ1v) is 9.46. The zero-order valence-corrected chi connectivity index (χ0v) is 17.1. The van der Waals surface area contributed by atoms with Gasteiger partial charge in [0, 0.05) is 28.6 Å². The zero-order chi connectivity index (χ0) is 20.5. The van der Waals surface area contributed by atoms with Crippen LogP contribution in [0.1, 0.15) is 32.3 Å². The van der Waals surface area contributed by atoms with Crippen LogP contribution in [0.15, 0.2) is 52.0 Å². The molecule has 0 saturated heterocycles. The molecule has 0 aliphatic heterocycles. The monoisotopic (exact) mass is 449 g/mol. The van der Waals surface area contributed by atoms with Crippen LogP contribution in [0.4, 0.5) is 10.1 Å². The second-order valence-electron chi connectivity index (χ2n) is 6.20. The molecule has 0 spiro atoms. The first-order chi connectivity index (χ1) is 13.3. The summed E-state index contributed by atoms with van der Waals surface area (Å²) in [6.45, 7) is 3.84. The van der Waals surface area contributed by atoms with Gasteiger partial charge >= 0.3 is 0 Å². The van der Waals surface area contributed by atoms with Crippen LogP contribution in [0, 0.1) is 5.82 Å². The molecule has 2 rings (SSSR count). The Kier molecular flexibility index (Phi) is 8.13. The van der Waals surface area contributed by atoms with Gasteiger partial charge in [0.05, 0.1) is 12.3 Å². The van der Waals surface area contributed by atoms with Gasteiger partial charge in [0.1, 0.15) is 11.6 Å². The molecule has 6 nitrogen and oxygen atoms in total. The predicted octanol–water partition coefficient (Wildman–Crippen LogP) is 4.24. The highest BCUT2D eigenvalue weighted by atomic mass is 79.9. The standard InChI is InChI=1S/C20H21BrFN3O3/c1-13(2)28-18-8-3-15(21)11-14(18)12-23-25-20(27)10-9-19(26)24-17-6-4-16(22)5-7-17/h3-8,11-13H,9-10H2,1-2H3,(H,24,26)(H,25,27). The van der Waals surface area contributed by atoms with Crippen molar-refractivity contribution in [1.29, 1.82) is 0 Å². The Balaban J connectivity index is 1.82. The summed E-state index contributed by atoms with van der Waals surface area (Å²) < 4.78 is 19.4. The molecule has 2 aromatic carbocycles. The van der Waals surface area contributed by atoms with Crippen LogP contribution in [0.3, 0.4) is 0 Å². The van der Waals surface area contributed by atoms with Crippen LogP contribution in [0.25, 0.3) is 0 Å². The predicted molar refractivity (Wildman–Crippen MR) is 110 cm³/mol. The number of rotatable bonds is 8. The van der Waals surface area contributed by atoms with Gasteiger partial charge in [-0.25, -0.2) is 9.82 Å². The highest BCUT2D eigenvalue weighted by molar-refractivity contribution is 9.10. The molecule has 0 aromatic heterocycles. The molecule has 2 aromatic rings. The maximum Gasteiger partial charge on any atom is 0.240 e. The Hall–Kier alpha value is -2.74. The fourth-order valence-corrected chi connectivity index (χ4v) is 2.57. The first kappa shape index (κ1) is 21.6. The summed E-state index contributed by atoms with van der Waals surface area (Å²) in [6, 6.07) is 10.9. The summed E-state index contributed by atoms with van der Waals surface area (Å²) in [5, 5.41) is 6.52. The number of nitrogens with one attached hydrogen (secondary N) is 2. The number of hydrogen-bond acceptors (Lipinski definition) is 4. The van der Waals surface area contributed by atoms with Crippen LogP contribution >= 0.6 is 15.9 Å². The van der Waals surface area contributed by atoms with E-state index in [-0.39, 0.29) is 30.7 Å². The lowest BCUT2D eigenvalue weighted by molar-refractivity contribution is -0.124. The highest BCUT2D eigenvalue weighted by Crippen LogP contribution is 2.22. The fraction of sp³-hybridized carbons (Fsp3) is 0.250. The Morgan fingerprint density at radius 2 is 1.82 bits per heavy atom. The summed E-state index contributed by atoms with van der Waals surface area (Å²) in [7, 11) is 0. The number of anilines is 1. The molecule has 0 unspecified atom stereocenters. The SMILES string of the molecule is CC(C)Oc1ccc(Br)cc1C=NNC(=O)CCC(=O)Nc1ccc(F)cc1.